The second-order valence-corrected chi connectivity index (χ2v) is 5.17. The van der Waals surface area contributed by atoms with Crippen molar-refractivity contribution in [1.82, 2.24) is 5.16 Å². The van der Waals surface area contributed by atoms with Gasteiger partial charge in [-0.3, -0.25) is 4.79 Å². The van der Waals surface area contributed by atoms with Crippen molar-refractivity contribution in [3.63, 3.8) is 0 Å². The van der Waals surface area contributed by atoms with Crippen LogP contribution in [0.15, 0.2) is 28.8 Å². The summed E-state index contributed by atoms with van der Waals surface area (Å²) < 4.78 is 15.6. The molecule has 0 fully saturated rings. The fraction of sp³-hybridized carbons (Fsp3) is 0.353. The van der Waals surface area contributed by atoms with Gasteiger partial charge in [-0.2, -0.15) is 0 Å². The van der Waals surface area contributed by atoms with Crippen LogP contribution in [0.4, 0.5) is 5.69 Å². The molecule has 2 aromatic rings. The Kier molecular flexibility index (Phi) is 5.57. The molecule has 128 valence electrons. The van der Waals surface area contributed by atoms with E-state index in [4.69, 9.17) is 14.0 Å². The molecule has 0 aliphatic carbocycles. The Balaban J connectivity index is 2.04. The summed E-state index contributed by atoms with van der Waals surface area (Å²) in [6, 6.07) is 7.05. The van der Waals surface area contributed by atoms with Crippen LogP contribution in [0, 0.1) is 13.8 Å². The van der Waals surface area contributed by atoms with Gasteiger partial charge in [0.25, 0.3) is 5.91 Å². The Morgan fingerprint density at radius 3 is 2.62 bits per heavy atom. The largest absolute Gasteiger partial charge is 0.492 e. The standard InChI is InChI=1S/C17H20N2O5/c1-5-22-14-9-7-6-8-13(14)18-16(20)12(4)23-17(21)15-10(2)19-24-11(15)3/h6-9,12H,5H2,1-4H3,(H,18,20)/t12-/m0/s1. The third kappa shape index (κ3) is 3.92. The first-order valence-corrected chi connectivity index (χ1v) is 7.60. The van der Waals surface area contributed by atoms with E-state index in [1.54, 1.807) is 32.0 Å². The van der Waals surface area contributed by atoms with Crippen molar-refractivity contribution in [3.8, 4) is 5.75 Å². The fourth-order valence-corrected chi connectivity index (χ4v) is 2.13. The van der Waals surface area contributed by atoms with Crippen LogP contribution < -0.4 is 10.1 Å². The molecular weight excluding hydrogens is 312 g/mol. The molecule has 0 aliphatic heterocycles. The molecule has 0 bridgehead atoms. The Morgan fingerprint density at radius 2 is 2.00 bits per heavy atom. The zero-order chi connectivity index (χ0) is 17.7. The Bertz CT molecular complexity index is 719. The van der Waals surface area contributed by atoms with Crippen LogP contribution in [-0.2, 0) is 9.53 Å². The number of hydrogen-bond acceptors (Lipinski definition) is 6. The number of nitrogens with zero attached hydrogens (tertiary/aromatic N) is 1. The molecule has 0 aliphatic rings. The molecule has 0 saturated carbocycles. The van der Waals surface area contributed by atoms with Gasteiger partial charge in [-0.1, -0.05) is 17.3 Å². The third-order valence-electron chi connectivity index (χ3n) is 3.34. The number of benzene rings is 1. The predicted molar refractivity (Wildman–Crippen MR) is 87.1 cm³/mol. The lowest BCUT2D eigenvalue weighted by Gasteiger charge is -2.15. The van der Waals surface area contributed by atoms with E-state index < -0.39 is 18.0 Å². The van der Waals surface area contributed by atoms with Gasteiger partial charge in [0.15, 0.2) is 6.10 Å². The van der Waals surface area contributed by atoms with Gasteiger partial charge in [0.2, 0.25) is 0 Å². The predicted octanol–water partition coefficient (Wildman–Crippen LogP) is 2.87. The number of esters is 1. The van der Waals surface area contributed by atoms with Gasteiger partial charge in [0.1, 0.15) is 17.1 Å². The summed E-state index contributed by atoms with van der Waals surface area (Å²) >= 11 is 0. The Labute approximate surface area is 139 Å². The first kappa shape index (κ1) is 17.5. The van der Waals surface area contributed by atoms with Gasteiger partial charge in [-0.05, 0) is 39.8 Å². The van der Waals surface area contributed by atoms with Crippen LogP contribution in [0.5, 0.6) is 5.75 Å². The topological polar surface area (TPSA) is 90.7 Å². The average Bonchev–Trinajstić information content (AvgIpc) is 2.88. The molecule has 0 saturated heterocycles. The first-order valence-electron chi connectivity index (χ1n) is 7.60. The maximum Gasteiger partial charge on any atom is 0.344 e. The number of aromatic nitrogens is 1. The molecule has 0 radical (unpaired) electrons. The van der Waals surface area contributed by atoms with Crippen molar-refractivity contribution >= 4 is 17.6 Å². The number of hydrogen-bond donors (Lipinski definition) is 1. The van der Waals surface area contributed by atoms with E-state index in [1.807, 2.05) is 13.0 Å². The minimum absolute atomic E-state index is 0.240. The van der Waals surface area contributed by atoms with Crippen LogP contribution in [0.2, 0.25) is 0 Å². The molecule has 0 unspecified atom stereocenters. The van der Waals surface area contributed by atoms with Crippen molar-refractivity contribution in [2.75, 3.05) is 11.9 Å². The number of carbonyl (C=O) groups excluding carboxylic acids is 2. The highest BCUT2D eigenvalue weighted by Gasteiger charge is 2.24. The van der Waals surface area contributed by atoms with Crippen molar-refractivity contribution in [1.29, 1.82) is 0 Å². The summed E-state index contributed by atoms with van der Waals surface area (Å²) in [7, 11) is 0. The lowest BCUT2D eigenvalue weighted by Crippen LogP contribution is -2.30. The zero-order valence-corrected chi connectivity index (χ0v) is 14.1. The number of amides is 1. The second-order valence-electron chi connectivity index (χ2n) is 5.17. The summed E-state index contributed by atoms with van der Waals surface area (Å²) in [6.45, 7) is 7.07. The molecule has 1 aromatic heterocycles. The minimum Gasteiger partial charge on any atom is -0.492 e. The molecule has 1 atom stereocenters. The van der Waals surface area contributed by atoms with Crippen molar-refractivity contribution in [2.45, 2.75) is 33.8 Å². The minimum atomic E-state index is -0.985. The molecule has 7 heteroatoms. The lowest BCUT2D eigenvalue weighted by atomic mass is 10.2. The molecule has 1 aromatic carbocycles. The number of nitrogens with one attached hydrogen (secondary N) is 1. The SMILES string of the molecule is CCOc1ccccc1NC(=O)[C@H](C)OC(=O)c1c(C)noc1C. The lowest BCUT2D eigenvalue weighted by molar-refractivity contribution is -0.123. The van der Waals surface area contributed by atoms with E-state index >= 15 is 0 Å². The number of carbonyl (C=O) groups is 2. The summed E-state index contributed by atoms with van der Waals surface area (Å²) in [5.74, 6) is -0.196. The van der Waals surface area contributed by atoms with Gasteiger partial charge in [0, 0.05) is 0 Å². The van der Waals surface area contributed by atoms with Gasteiger partial charge in [0.05, 0.1) is 18.0 Å². The van der Waals surface area contributed by atoms with Gasteiger partial charge in [-0.25, -0.2) is 4.79 Å². The normalized spacial score (nSPS) is 11.7. The summed E-state index contributed by atoms with van der Waals surface area (Å²) in [5, 5.41) is 6.39. The van der Waals surface area contributed by atoms with Crippen molar-refractivity contribution < 1.29 is 23.6 Å². The summed E-state index contributed by atoms with van der Waals surface area (Å²) in [6.07, 6.45) is -0.985. The van der Waals surface area contributed by atoms with Crippen LogP contribution in [-0.4, -0.2) is 29.7 Å². The van der Waals surface area contributed by atoms with Crippen LogP contribution in [0.3, 0.4) is 0 Å². The molecule has 1 N–H and O–H groups in total. The van der Waals surface area contributed by atoms with E-state index in [1.165, 1.54) is 6.92 Å². The highest BCUT2D eigenvalue weighted by molar-refractivity contribution is 5.98. The average molecular weight is 332 g/mol. The van der Waals surface area contributed by atoms with Gasteiger partial charge < -0.3 is 19.3 Å². The van der Waals surface area contributed by atoms with E-state index in [0.717, 1.165) is 0 Å². The van der Waals surface area contributed by atoms with Crippen LogP contribution in [0.1, 0.15) is 35.7 Å². The highest BCUT2D eigenvalue weighted by atomic mass is 16.5. The highest BCUT2D eigenvalue weighted by Crippen LogP contribution is 2.24. The smallest absolute Gasteiger partial charge is 0.344 e. The van der Waals surface area contributed by atoms with E-state index in [2.05, 4.69) is 10.5 Å². The monoisotopic (exact) mass is 332 g/mol. The van der Waals surface area contributed by atoms with E-state index in [-0.39, 0.29) is 5.56 Å². The van der Waals surface area contributed by atoms with Crippen LogP contribution >= 0.6 is 0 Å². The molecule has 2 rings (SSSR count). The summed E-state index contributed by atoms with van der Waals surface area (Å²) in [4.78, 5) is 24.4. The molecule has 1 heterocycles. The maximum atomic E-state index is 12.3. The fourth-order valence-electron chi connectivity index (χ4n) is 2.13. The molecule has 1 amide bonds. The second kappa shape index (κ2) is 7.63. The third-order valence-corrected chi connectivity index (χ3v) is 3.34. The number of ether oxygens (including phenoxy) is 2. The van der Waals surface area contributed by atoms with Gasteiger partial charge in [-0.15, -0.1) is 0 Å². The molecular formula is C17H20N2O5. The Morgan fingerprint density at radius 1 is 1.29 bits per heavy atom. The Hall–Kier alpha value is -2.83. The van der Waals surface area contributed by atoms with Crippen molar-refractivity contribution in [2.24, 2.45) is 0 Å². The number of aryl methyl sites for hydroxylation is 2. The van der Waals surface area contributed by atoms with E-state index in [0.29, 0.717) is 29.5 Å². The van der Waals surface area contributed by atoms with Crippen molar-refractivity contribution in [3.05, 3.63) is 41.3 Å². The van der Waals surface area contributed by atoms with Crippen LogP contribution in [0.25, 0.3) is 0 Å². The molecule has 24 heavy (non-hydrogen) atoms. The summed E-state index contributed by atoms with van der Waals surface area (Å²) in [5.41, 5.74) is 1.18. The maximum absolute atomic E-state index is 12.3. The quantitative estimate of drug-likeness (QED) is 0.818. The number of anilines is 1. The zero-order valence-electron chi connectivity index (χ0n) is 14.1. The number of rotatable bonds is 6. The molecule has 0 spiro atoms. The molecule has 7 nitrogen and oxygen atoms in total. The first-order chi connectivity index (χ1) is 11.4. The van der Waals surface area contributed by atoms with Gasteiger partial charge >= 0.3 is 5.97 Å². The van der Waals surface area contributed by atoms with E-state index in [9.17, 15) is 9.59 Å². The number of para-hydroxylation sites is 2.